The number of nitrogens with zero attached hydrogens (tertiary/aromatic N) is 4. The molecule has 6 rings (SSSR count). The summed E-state index contributed by atoms with van der Waals surface area (Å²) in [5.74, 6) is -1.79. The van der Waals surface area contributed by atoms with Crippen molar-refractivity contribution in [3.05, 3.63) is 125 Å². The minimum atomic E-state index is -4.65. The fraction of sp³-hybridized carbons (Fsp3) is 0.297. The second kappa shape index (κ2) is 14.7. The predicted octanol–water partition coefficient (Wildman–Crippen LogP) is 4.69. The Balaban J connectivity index is 1.33. The van der Waals surface area contributed by atoms with Crippen LogP contribution in [0.25, 0.3) is 5.69 Å². The van der Waals surface area contributed by atoms with Crippen LogP contribution in [-0.4, -0.2) is 77.8 Å². The van der Waals surface area contributed by atoms with Gasteiger partial charge in [0.25, 0.3) is 11.8 Å². The summed E-state index contributed by atoms with van der Waals surface area (Å²) in [5, 5.41) is 10.3. The average Bonchev–Trinajstić information content (AvgIpc) is 3.56. The number of halogens is 3. The molecule has 0 aliphatic carbocycles. The summed E-state index contributed by atoms with van der Waals surface area (Å²) >= 11 is 0. The van der Waals surface area contributed by atoms with Gasteiger partial charge in [-0.05, 0) is 48.4 Å². The zero-order valence-electron chi connectivity index (χ0n) is 27.5. The molecule has 1 fully saturated rings. The van der Waals surface area contributed by atoms with Gasteiger partial charge in [-0.25, -0.2) is 4.68 Å². The van der Waals surface area contributed by atoms with Crippen LogP contribution in [0.3, 0.4) is 0 Å². The molecule has 4 aromatic rings. The fourth-order valence-corrected chi connectivity index (χ4v) is 6.39. The Kier molecular flexibility index (Phi) is 10.2. The minimum absolute atomic E-state index is 0.175. The molecule has 0 unspecified atom stereocenters. The van der Waals surface area contributed by atoms with Crippen molar-refractivity contribution in [3.8, 4) is 5.69 Å². The Labute approximate surface area is 287 Å². The number of aromatic nitrogens is 2. The summed E-state index contributed by atoms with van der Waals surface area (Å²) in [6.07, 6.45) is -3.00. The Hall–Kier alpha value is -5.27. The third-order valence-electron chi connectivity index (χ3n) is 8.89. The van der Waals surface area contributed by atoms with E-state index in [1.54, 1.807) is 23.9 Å². The van der Waals surface area contributed by atoms with Gasteiger partial charge < -0.3 is 15.4 Å². The lowest BCUT2D eigenvalue weighted by Crippen LogP contribution is -2.55. The normalized spacial score (nSPS) is 18.0. The van der Waals surface area contributed by atoms with E-state index in [1.807, 2.05) is 48.5 Å². The molecule has 1 saturated heterocycles. The Morgan fingerprint density at radius 2 is 1.74 bits per heavy atom. The van der Waals surface area contributed by atoms with Gasteiger partial charge in [0.15, 0.2) is 0 Å². The molecular weight excluding hydrogens is 649 g/mol. The monoisotopic (exact) mass is 686 g/mol. The summed E-state index contributed by atoms with van der Waals surface area (Å²) in [4.78, 5) is 44.5. The number of fused-ring (bicyclic) bond motifs is 1. The highest BCUT2D eigenvalue weighted by Crippen LogP contribution is 2.41. The van der Waals surface area contributed by atoms with Crippen LogP contribution in [0.1, 0.15) is 45.5 Å². The fourth-order valence-electron chi connectivity index (χ4n) is 6.39. The minimum Gasteiger partial charge on any atom is -0.379 e. The van der Waals surface area contributed by atoms with Crippen LogP contribution in [0.15, 0.2) is 97.2 Å². The standard InChI is InChI=1S/C37H37F3N6O4/c1-3-45-35-30(22-42-46(35)29-13-5-4-6-14-29)31(32(36(45)49)43-34(48)27-11-8-12-28(20-27)37(38,39)40)26-10-7-9-25(19-26)21-41-33(47)24(2)23-44-15-17-50-18-16-44/h4-14,19-20,22,31-32H,2-3,15-18,21,23H2,1H3,(H,41,47)(H,43,48)/t31-,32+/m1/s1. The van der Waals surface area contributed by atoms with Gasteiger partial charge in [-0.15, -0.1) is 0 Å². The highest BCUT2D eigenvalue weighted by molar-refractivity contribution is 6.05. The lowest BCUT2D eigenvalue weighted by molar-refractivity contribution is -0.137. The molecule has 260 valence electrons. The van der Waals surface area contributed by atoms with Gasteiger partial charge >= 0.3 is 6.18 Å². The molecule has 3 amide bonds. The number of carbonyl (C=O) groups excluding carboxylic acids is 3. The largest absolute Gasteiger partial charge is 0.416 e. The lowest BCUT2D eigenvalue weighted by atomic mass is 9.81. The number of rotatable bonds is 10. The van der Waals surface area contributed by atoms with Crippen molar-refractivity contribution in [1.82, 2.24) is 25.3 Å². The first-order chi connectivity index (χ1) is 24.0. The van der Waals surface area contributed by atoms with Gasteiger partial charge in [0, 0.05) is 55.3 Å². The molecule has 3 aromatic carbocycles. The maximum absolute atomic E-state index is 14.3. The van der Waals surface area contributed by atoms with Gasteiger partial charge in [0.1, 0.15) is 11.9 Å². The molecule has 2 aliphatic heterocycles. The van der Waals surface area contributed by atoms with E-state index in [1.165, 1.54) is 11.0 Å². The van der Waals surface area contributed by atoms with Crippen LogP contribution in [0, 0.1) is 0 Å². The van der Waals surface area contributed by atoms with Crippen LogP contribution in [0.5, 0.6) is 0 Å². The van der Waals surface area contributed by atoms with E-state index in [2.05, 4.69) is 27.2 Å². The van der Waals surface area contributed by atoms with Crippen molar-refractivity contribution < 1.29 is 32.3 Å². The maximum Gasteiger partial charge on any atom is 0.416 e. The number of anilines is 1. The van der Waals surface area contributed by atoms with Crippen LogP contribution < -0.4 is 15.5 Å². The van der Waals surface area contributed by atoms with Gasteiger partial charge in [0.2, 0.25) is 5.91 Å². The zero-order chi connectivity index (χ0) is 35.4. The third kappa shape index (κ3) is 7.33. The van der Waals surface area contributed by atoms with Crippen molar-refractivity contribution in [2.75, 3.05) is 44.3 Å². The molecule has 0 radical (unpaired) electrons. The molecule has 2 aliphatic rings. The van der Waals surface area contributed by atoms with Gasteiger partial charge in [-0.2, -0.15) is 18.3 Å². The summed E-state index contributed by atoms with van der Waals surface area (Å²) in [6, 6.07) is 19.5. The van der Waals surface area contributed by atoms with Gasteiger partial charge in [-0.1, -0.05) is 55.1 Å². The molecule has 2 N–H and O–H groups in total. The molecule has 0 spiro atoms. The van der Waals surface area contributed by atoms with Crippen molar-refractivity contribution in [2.45, 2.75) is 31.6 Å². The molecular formula is C37H37F3N6O4. The number of alkyl halides is 3. The summed E-state index contributed by atoms with van der Waals surface area (Å²) in [5.41, 5.74) is 1.98. The van der Waals surface area contributed by atoms with E-state index in [9.17, 15) is 27.6 Å². The molecule has 2 atom stereocenters. The number of carbonyl (C=O) groups is 3. The number of ether oxygens (including phenoxy) is 1. The number of likely N-dealkylation sites (N-methyl/N-ethyl adjacent to an activating group) is 1. The molecule has 0 bridgehead atoms. The maximum atomic E-state index is 14.3. The van der Waals surface area contributed by atoms with E-state index < -0.39 is 35.5 Å². The first-order valence-corrected chi connectivity index (χ1v) is 16.3. The number of hydrogen-bond acceptors (Lipinski definition) is 6. The second-order valence-corrected chi connectivity index (χ2v) is 12.2. The first-order valence-electron chi connectivity index (χ1n) is 16.3. The summed E-state index contributed by atoms with van der Waals surface area (Å²) < 4.78 is 47.5. The van der Waals surface area contributed by atoms with Gasteiger partial charge in [-0.3, -0.25) is 24.2 Å². The smallest absolute Gasteiger partial charge is 0.379 e. The van der Waals surface area contributed by atoms with Crippen LogP contribution in [0.4, 0.5) is 19.0 Å². The Morgan fingerprint density at radius 1 is 1.00 bits per heavy atom. The zero-order valence-corrected chi connectivity index (χ0v) is 27.5. The topological polar surface area (TPSA) is 109 Å². The van der Waals surface area contributed by atoms with Crippen LogP contribution in [-0.2, 0) is 27.0 Å². The number of nitrogens with one attached hydrogen (secondary N) is 2. The number of hydrogen-bond donors (Lipinski definition) is 2. The van der Waals surface area contributed by atoms with Crippen molar-refractivity contribution in [1.29, 1.82) is 0 Å². The molecule has 3 heterocycles. The number of para-hydroxylation sites is 1. The third-order valence-corrected chi connectivity index (χ3v) is 8.89. The van der Waals surface area contributed by atoms with E-state index >= 15 is 0 Å². The first kappa shape index (κ1) is 34.6. The van der Waals surface area contributed by atoms with Crippen molar-refractivity contribution >= 4 is 23.5 Å². The Morgan fingerprint density at radius 3 is 2.46 bits per heavy atom. The van der Waals surface area contributed by atoms with E-state index in [0.717, 1.165) is 42.5 Å². The SMILES string of the molecule is C=C(CN1CCOCC1)C(=O)NCc1cccc([C@@H]2c3cnn(-c4ccccc4)c3N(CC)C(=O)[C@H]2NC(=O)c2cccc(C(F)(F)F)c2)c1. The predicted molar refractivity (Wildman–Crippen MR) is 181 cm³/mol. The number of benzene rings is 3. The highest BCUT2D eigenvalue weighted by atomic mass is 19.4. The quantitative estimate of drug-likeness (QED) is 0.235. The van der Waals surface area contributed by atoms with Crippen LogP contribution >= 0.6 is 0 Å². The van der Waals surface area contributed by atoms with Crippen LogP contribution in [0.2, 0.25) is 0 Å². The molecule has 13 heteroatoms. The number of amides is 3. The van der Waals surface area contributed by atoms with Crippen molar-refractivity contribution in [2.24, 2.45) is 0 Å². The van der Waals surface area contributed by atoms with Crippen molar-refractivity contribution in [3.63, 3.8) is 0 Å². The van der Waals surface area contributed by atoms with Gasteiger partial charge in [0.05, 0.1) is 30.7 Å². The molecule has 1 aromatic heterocycles. The summed E-state index contributed by atoms with van der Waals surface area (Å²) in [7, 11) is 0. The summed E-state index contributed by atoms with van der Waals surface area (Å²) in [6.45, 7) is 9.25. The lowest BCUT2D eigenvalue weighted by Gasteiger charge is -2.38. The highest BCUT2D eigenvalue weighted by Gasteiger charge is 2.44. The van der Waals surface area contributed by atoms with E-state index in [0.29, 0.717) is 42.3 Å². The number of morpholine rings is 1. The second-order valence-electron chi connectivity index (χ2n) is 12.2. The van der Waals surface area contributed by atoms with E-state index in [4.69, 9.17) is 4.74 Å². The van der Waals surface area contributed by atoms with E-state index in [-0.39, 0.29) is 24.6 Å². The molecule has 0 saturated carbocycles. The average molecular weight is 687 g/mol. The molecule has 10 nitrogen and oxygen atoms in total. The Bertz CT molecular complexity index is 1890. The molecule has 50 heavy (non-hydrogen) atoms.